The van der Waals surface area contributed by atoms with Gasteiger partial charge >= 0.3 is 0 Å². The number of carbonyl (C=O) groups is 1. The summed E-state index contributed by atoms with van der Waals surface area (Å²) in [7, 11) is 0. The second-order valence-corrected chi connectivity index (χ2v) is 3.83. The number of amides is 1. The first-order chi connectivity index (χ1) is 5.48. The quantitative estimate of drug-likeness (QED) is 0.653. The van der Waals surface area contributed by atoms with Crippen molar-refractivity contribution in [1.29, 1.82) is 0 Å². The van der Waals surface area contributed by atoms with Crippen molar-refractivity contribution in [3.63, 3.8) is 0 Å². The number of allylic oxidation sites excluding steroid dienone is 3. The van der Waals surface area contributed by atoms with Crippen molar-refractivity contribution in [3.8, 4) is 0 Å². The molecular weight excluding hydrogens is 197 g/mol. The minimum atomic E-state index is -1.16. The summed E-state index contributed by atoms with van der Waals surface area (Å²) in [4.78, 5) is 9.82. The monoisotopic (exact) mass is 205 g/mol. The normalized spacial score (nSPS) is 34.6. The molecule has 2 atom stereocenters. The molecule has 1 aliphatic rings. The predicted molar refractivity (Wildman–Crippen MR) is 50.0 cm³/mol. The molecule has 4 heteroatoms. The molecule has 1 amide bonds. The highest BCUT2D eigenvalue weighted by Gasteiger charge is 2.40. The number of nitrogens with two attached hydrogens (primary N) is 1. The van der Waals surface area contributed by atoms with Gasteiger partial charge in [0, 0.05) is 11.0 Å². The molecule has 0 bridgehead atoms. The number of hydrogen-bond donors (Lipinski definition) is 1. The number of halogens is 2. The molecule has 0 saturated heterocycles. The number of rotatable bonds is 1. The third-order valence-corrected chi connectivity index (χ3v) is 3.11. The Kier molecular flexibility index (Phi) is 2.49. The highest BCUT2D eigenvalue weighted by atomic mass is 35.5. The fraction of sp³-hybridized carbons (Fsp3) is 0.375. The van der Waals surface area contributed by atoms with Crippen molar-refractivity contribution in [2.75, 3.05) is 0 Å². The topological polar surface area (TPSA) is 43.1 Å². The molecule has 1 aliphatic carbocycles. The Hall–Kier alpha value is -0.470. The molecule has 2 nitrogen and oxygen atoms in total. The Labute approximate surface area is 81.0 Å². The summed E-state index contributed by atoms with van der Waals surface area (Å²) in [5.74, 6) is -0.831. The second-order valence-electron chi connectivity index (χ2n) is 2.76. The van der Waals surface area contributed by atoms with Gasteiger partial charge in [-0.1, -0.05) is 30.7 Å². The van der Waals surface area contributed by atoms with Gasteiger partial charge in [0.1, 0.15) is 4.87 Å². The molecule has 0 aromatic heterocycles. The van der Waals surface area contributed by atoms with Gasteiger partial charge in [0.15, 0.2) is 0 Å². The first-order valence-corrected chi connectivity index (χ1v) is 4.28. The van der Waals surface area contributed by atoms with Crippen LogP contribution in [0.25, 0.3) is 0 Å². The van der Waals surface area contributed by atoms with E-state index < -0.39 is 10.8 Å². The Morgan fingerprint density at radius 2 is 2.33 bits per heavy atom. The van der Waals surface area contributed by atoms with Gasteiger partial charge in [0.2, 0.25) is 5.91 Å². The highest BCUT2D eigenvalue weighted by Crippen LogP contribution is 2.36. The lowest BCUT2D eigenvalue weighted by atomic mass is 9.88. The van der Waals surface area contributed by atoms with E-state index in [1.54, 1.807) is 25.2 Å². The van der Waals surface area contributed by atoms with Crippen LogP contribution in [0.4, 0.5) is 0 Å². The molecule has 0 saturated carbocycles. The van der Waals surface area contributed by atoms with E-state index in [2.05, 4.69) is 0 Å². The van der Waals surface area contributed by atoms with E-state index in [-0.39, 0.29) is 5.92 Å². The predicted octanol–water partition coefficient (Wildman–Crippen LogP) is 1.78. The van der Waals surface area contributed by atoms with Crippen LogP contribution < -0.4 is 5.73 Å². The van der Waals surface area contributed by atoms with Crippen LogP contribution >= 0.6 is 23.2 Å². The first-order valence-electron chi connectivity index (χ1n) is 3.52. The van der Waals surface area contributed by atoms with Gasteiger partial charge in [0.05, 0.1) is 0 Å². The molecule has 1 rings (SSSR count). The second kappa shape index (κ2) is 3.11. The molecule has 0 fully saturated rings. The largest absolute Gasteiger partial charge is 0.368 e. The Balaban J connectivity index is 3.03. The summed E-state index contributed by atoms with van der Waals surface area (Å²) >= 11 is 11.8. The van der Waals surface area contributed by atoms with Crippen molar-refractivity contribution >= 4 is 29.1 Å². The van der Waals surface area contributed by atoms with Crippen molar-refractivity contribution in [1.82, 2.24) is 0 Å². The number of primary amides is 1. The van der Waals surface area contributed by atoms with E-state index >= 15 is 0 Å². The van der Waals surface area contributed by atoms with E-state index in [4.69, 9.17) is 28.9 Å². The third kappa shape index (κ3) is 1.37. The zero-order chi connectivity index (χ0) is 9.35. The van der Waals surface area contributed by atoms with Crippen LogP contribution in [0.3, 0.4) is 0 Å². The molecule has 0 aromatic rings. The summed E-state index contributed by atoms with van der Waals surface area (Å²) in [6.45, 7) is 1.76. The van der Waals surface area contributed by atoms with E-state index in [0.29, 0.717) is 5.03 Å². The van der Waals surface area contributed by atoms with Crippen molar-refractivity contribution < 1.29 is 4.79 Å². The van der Waals surface area contributed by atoms with Crippen LogP contribution in [0.15, 0.2) is 23.3 Å². The van der Waals surface area contributed by atoms with Crippen LogP contribution in [-0.4, -0.2) is 10.8 Å². The molecule has 12 heavy (non-hydrogen) atoms. The molecule has 0 aromatic carbocycles. The minimum Gasteiger partial charge on any atom is -0.368 e. The lowest BCUT2D eigenvalue weighted by molar-refractivity contribution is -0.120. The average Bonchev–Trinajstić information content (AvgIpc) is 2.00. The van der Waals surface area contributed by atoms with E-state index in [0.717, 1.165) is 0 Å². The van der Waals surface area contributed by atoms with Gasteiger partial charge in [-0.25, -0.2) is 0 Å². The van der Waals surface area contributed by atoms with Crippen molar-refractivity contribution in [2.24, 2.45) is 11.7 Å². The van der Waals surface area contributed by atoms with Crippen molar-refractivity contribution in [2.45, 2.75) is 11.8 Å². The summed E-state index contributed by atoms with van der Waals surface area (Å²) in [6.07, 6.45) is 4.91. The van der Waals surface area contributed by atoms with Gasteiger partial charge in [0.25, 0.3) is 0 Å². The van der Waals surface area contributed by atoms with E-state index in [1.807, 2.05) is 0 Å². The molecule has 0 heterocycles. The Bertz CT molecular complexity index is 272. The fourth-order valence-corrected chi connectivity index (χ4v) is 1.56. The number of hydrogen-bond acceptors (Lipinski definition) is 1. The zero-order valence-electron chi connectivity index (χ0n) is 6.55. The summed E-state index contributed by atoms with van der Waals surface area (Å²) in [5.41, 5.74) is 5.15. The maximum absolute atomic E-state index is 11.0. The van der Waals surface area contributed by atoms with Gasteiger partial charge in [-0.2, -0.15) is 0 Å². The lowest BCUT2D eigenvalue weighted by Gasteiger charge is -2.28. The molecule has 0 spiro atoms. The number of carbonyl (C=O) groups excluding carboxylic acids is 1. The summed E-state index contributed by atoms with van der Waals surface area (Å²) in [5, 5.41) is 0.548. The van der Waals surface area contributed by atoms with Crippen LogP contribution in [0.1, 0.15) is 6.92 Å². The van der Waals surface area contributed by atoms with Gasteiger partial charge < -0.3 is 5.73 Å². The molecule has 66 valence electrons. The Morgan fingerprint density at radius 3 is 2.75 bits per heavy atom. The van der Waals surface area contributed by atoms with E-state index in [9.17, 15) is 4.79 Å². The van der Waals surface area contributed by atoms with Crippen molar-refractivity contribution in [3.05, 3.63) is 23.3 Å². The van der Waals surface area contributed by atoms with Gasteiger partial charge in [-0.3, -0.25) is 4.79 Å². The van der Waals surface area contributed by atoms with Crippen LogP contribution in [0, 0.1) is 5.92 Å². The average molecular weight is 206 g/mol. The van der Waals surface area contributed by atoms with Gasteiger partial charge in [-0.05, 0) is 6.08 Å². The molecule has 2 unspecified atom stereocenters. The summed E-state index contributed by atoms with van der Waals surface area (Å²) in [6, 6.07) is 0. The van der Waals surface area contributed by atoms with Crippen LogP contribution in [0.2, 0.25) is 0 Å². The molecule has 2 N–H and O–H groups in total. The molecular formula is C8H9Cl2NO. The first kappa shape index (κ1) is 9.62. The number of alkyl halides is 1. The lowest BCUT2D eigenvalue weighted by Crippen LogP contribution is -2.43. The molecule has 0 radical (unpaired) electrons. The van der Waals surface area contributed by atoms with Gasteiger partial charge in [-0.15, -0.1) is 11.6 Å². The maximum Gasteiger partial charge on any atom is 0.243 e. The Morgan fingerprint density at radius 1 is 1.75 bits per heavy atom. The van der Waals surface area contributed by atoms with E-state index in [1.165, 1.54) is 0 Å². The summed E-state index contributed by atoms with van der Waals surface area (Å²) < 4.78 is 0. The zero-order valence-corrected chi connectivity index (χ0v) is 8.06. The van der Waals surface area contributed by atoms with Crippen LogP contribution in [0.5, 0.6) is 0 Å². The SMILES string of the molecule is CC1C(Cl)=CC=CC1(Cl)C(N)=O. The minimum absolute atomic E-state index is 0.261. The van der Waals surface area contributed by atoms with Crippen LogP contribution in [-0.2, 0) is 4.79 Å². The third-order valence-electron chi connectivity index (χ3n) is 2.02. The smallest absolute Gasteiger partial charge is 0.243 e. The fourth-order valence-electron chi connectivity index (χ4n) is 1.06. The highest BCUT2D eigenvalue weighted by molar-refractivity contribution is 6.39. The molecule has 0 aliphatic heterocycles. The maximum atomic E-state index is 11.0. The standard InChI is InChI=1S/C8H9Cl2NO/c1-5-6(9)3-2-4-8(5,10)7(11)12/h2-5H,1H3,(H2,11,12).